The molecule has 4 heteroatoms. The zero-order valence-corrected chi connectivity index (χ0v) is 12.0. The molecule has 1 aromatic heterocycles. The van der Waals surface area contributed by atoms with Crippen LogP contribution in [0, 0.1) is 5.92 Å². The maximum absolute atomic E-state index is 12.2. The van der Waals surface area contributed by atoms with E-state index in [2.05, 4.69) is 5.38 Å². The van der Waals surface area contributed by atoms with Gasteiger partial charge in [0.1, 0.15) is 6.61 Å². The maximum atomic E-state index is 12.2. The first-order valence-corrected chi connectivity index (χ1v) is 8.05. The molecule has 2 nitrogen and oxygen atoms in total. The van der Waals surface area contributed by atoms with E-state index >= 15 is 0 Å². The number of halogens is 1. The number of alkyl halides is 1. The first kappa shape index (κ1) is 13.9. The van der Waals surface area contributed by atoms with Gasteiger partial charge in [0, 0.05) is 0 Å². The Morgan fingerprint density at radius 1 is 1.44 bits per heavy atom. The Balaban J connectivity index is 2.09. The smallest absolute Gasteiger partial charge is 0.313 e. The van der Waals surface area contributed by atoms with Gasteiger partial charge in [0.2, 0.25) is 0 Å². The molecule has 0 unspecified atom stereocenters. The van der Waals surface area contributed by atoms with Crippen LogP contribution in [0.25, 0.3) is 0 Å². The first-order valence-electron chi connectivity index (χ1n) is 6.57. The fourth-order valence-corrected chi connectivity index (χ4v) is 3.52. The average Bonchev–Trinajstić information content (AvgIpc) is 2.92. The summed E-state index contributed by atoms with van der Waals surface area (Å²) < 4.78 is 5.26. The van der Waals surface area contributed by atoms with Gasteiger partial charge in [-0.15, -0.1) is 11.6 Å². The normalized spacial score (nSPS) is 18.5. The van der Waals surface area contributed by atoms with Crippen molar-refractivity contribution in [2.75, 3.05) is 12.5 Å². The second kappa shape index (κ2) is 7.15. The van der Waals surface area contributed by atoms with Gasteiger partial charge in [-0.05, 0) is 41.1 Å². The number of esters is 1. The molecule has 0 saturated heterocycles. The molecule has 0 spiro atoms. The molecule has 18 heavy (non-hydrogen) atoms. The topological polar surface area (TPSA) is 26.3 Å². The third-order valence-electron chi connectivity index (χ3n) is 3.60. The van der Waals surface area contributed by atoms with E-state index in [-0.39, 0.29) is 11.9 Å². The summed E-state index contributed by atoms with van der Waals surface area (Å²) in [6, 6.07) is 2.05. The van der Waals surface area contributed by atoms with E-state index in [0.717, 1.165) is 18.4 Å². The quantitative estimate of drug-likeness (QED) is 0.599. The van der Waals surface area contributed by atoms with E-state index in [1.54, 1.807) is 11.3 Å². The lowest BCUT2D eigenvalue weighted by Gasteiger charge is -2.28. The van der Waals surface area contributed by atoms with Crippen molar-refractivity contribution >= 4 is 28.9 Å². The third kappa shape index (κ3) is 3.48. The number of carbonyl (C=O) groups excluding carboxylic acids is 1. The van der Waals surface area contributed by atoms with E-state index in [4.69, 9.17) is 16.3 Å². The van der Waals surface area contributed by atoms with Gasteiger partial charge in [0.15, 0.2) is 0 Å². The van der Waals surface area contributed by atoms with Gasteiger partial charge in [0.25, 0.3) is 0 Å². The van der Waals surface area contributed by atoms with Crippen LogP contribution in [0.1, 0.15) is 43.6 Å². The lowest BCUT2D eigenvalue weighted by atomic mass is 9.77. The minimum atomic E-state index is -0.0963. The molecule has 0 aromatic carbocycles. The Morgan fingerprint density at radius 3 is 2.83 bits per heavy atom. The molecule has 0 amide bonds. The highest BCUT2D eigenvalue weighted by atomic mass is 35.5. The molecular formula is C14H19ClO2S. The highest BCUT2D eigenvalue weighted by Crippen LogP contribution is 2.37. The number of carbonyl (C=O) groups is 1. The molecule has 1 fully saturated rings. The molecule has 0 aliphatic heterocycles. The predicted octanol–water partition coefficient (Wildman–Crippen LogP) is 4.19. The monoisotopic (exact) mass is 286 g/mol. The molecule has 0 N–H and O–H groups in total. The van der Waals surface area contributed by atoms with E-state index < -0.39 is 0 Å². The standard InChI is InChI=1S/C14H19ClO2S/c15-7-8-17-14(16)13(12-6-9-18-10-12)11-4-2-1-3-5-11/h6,9-11,13H,1-5,7-8H2/t13-/m0/s1. The van der Waals surface area contributed by atoms with Crippen molar-refractivity contribution in [3.63, 3.8) is 0 Å². The second-order valence-corrected chi connectivity index (χ2v) is 5.95. The molecule has 0 radical (unpaired) electrons. The average molecular weight is 287 g/mol. The van der Waals surface area contributed by atoms with Gasteiger partial charge in [-0.2, -0.15) is 11.3 Å². The number of hydrogen-bond acceptors (Lipinski definition) is 3. The molecule has 1 heterocycles. The summed E-state index contributed by atoms with van der Waals surface area (Å²) in [6.45, 7) is 0.313. The highest BCUT2D eigenvalue weighted by molar-refractivity contribution is 7.08. The van der Waals surface area contributed by atoms with Crippen LogP contribution < -0.4 is 0 Å². The minimum absolute atomic E-state index is 0.0835. The van der Waals surface area contributed by atoms with Crippen molar-refractivity contribution in [2.45, 2.75) is 38.0 Å². The molecule has 2 rings (SSSR count). The van der Waals surface area contributed by atoms with Crippen LogP contribution in [0.5, 0.6) is 0 Å². The van der Waals surface area contributed by atoms with Crippen molar-refractivity contribution in [1.29, 1.82) is 0 Å². The summed E-state index contributed by atoms with van der Waals surface area (Å²) in [6.07, 6.45) is 6.03. The Hall–Kier alpha value is -0.540. The van der Waals surface area contributed by atoms with Crippen LogP contribution in [0.2, 0.25) is 0 Å². The molecular weight excluding hydrogens is 268 g/mol. The van der Waals surface area contributed by atoms with Gasteiger partial charge in [-0.25, -0.2) is 0 Å². The summed E-state index contributed by atoms with van der Waals surface area (Å²) in [7, 11) is 0. The van der Waals surface area contributed by atoms with Gasteiger partial charge >= 0.3 is 5.97 Å². The van der Waals surface area contributed by atoms with E-state index in [1.807, 2.05) is 11.4 Å². The highest BCUT2D eigenvalue weighted by Gasteiger charge is 2.32. The zero-order valence-electron chi connectivity index (χ0n) is 10.4. The summed E-state index contributed by atoms with van der Waals surface area (Å²) in [4.78, 5) is 12.2. The molecule has 1 aliphatic rings. The van der Waals surface area contributed by atoms with E-state index in [0.29, 0.717) is 18.4 Å². The lowest BCUT2D eigenvalue weighted by Crippen LogP contribution is -2.26. The first-order chi connectivity index (χ1) is 8.83. The Kier molecular flexibility index (Phi) is 5.51. The van der Waals surface area contributed by atoms with Gasteiger partial charge < -0.3 is 4.74 Å². The van der Waals surface area contributed by atoms with Gasteiger partial charge in [-0.1, -0.05) is 19.3 Å². The number of hydrogen-bond donors (Lipinski definition) is 0. The van der Waals surface area contributed by atoms with Crippen LogP contribution in [-0.4, -0.2) is 18.5 Å². The molecule has 100 valence electrons. The third-order valence-corrected chi connectivity index (χ3v) is 4.45. The van der Waals surface area contributed by atoms with Gasteiger partial charge in [0.05, 0.1) is 11.8 Å². The summed E-state index contributed by atoms with van der Waals surface area (Å²) in [5.41, 5.74) is 1.12. The second-order valence-electron chi connectivity index (χ2n) is 4.79. The van der Waals surface area contributed by atoms with Crippen molar-refractivity contribution in [3.8, 4) is 0 Å². The Morgan fingerprint density at radius 2 is 2.22 bits per heavy atom. The predicted molar refractivity (Wildman–Crippen MR) is 75.3 cm³/mol. The summed E-state index contributed by atoms with van der Waals surface area (Å²) in [5, 5.41) is 4.10. The molecule has 0 bridgehead atoms. The van der Waals surface area contributed by atoms with E-state index in [9.17, 15) is 4.79 Å². The van der Waals surface area contributed by atoms with Gasteiger partial charge in [-0.3, -0.25) is 4.79 Å². The largest absolute Gasteiger partial charge is 0.464 e. The fraction of sp³-hybridized carbons (Fsp3) is 0.643. The summed E-state index contributed by atoms with van der Waals surface area (Å²) >= 11 is 7.23. The zero-order chi connectivity index (χ0) is 12.8. The van der Waals surface area contributed by atoms with Crippen molar-refractivity contribution in [2.24, 2.45) is 5.92 Å². The number of thiophene rings is 1. The van der Waals surface area contributed by atoms with Crippen LogP contribution in [0.4, 0.5) is 0 Å². The van der Waals surface area contributed by atoms with Crippen LogP contribution in [0.3, 0.4) is 0 Å². The van der Waals surface area contributed by atoms with E-state index in [1.165, 1.54) is 19.3 Å². The maximum Gasteiger partial charge on any atom is 0.313 e. The van der Waals surface area contributed by atoms with Crippen molar-refractivity contribution in [1.82, 2.24) is 0 Å². The molecule has 1 atom stereocenters. The van der Waals surface area contributed by atoms with Crippen molar-refractivity contribution in [3.05, 3.63) is 22.4 Å². The SMILES string of the molecule is O=C(OCCCl)[C@H](c1ccsc1)C1CCCCC1. The number of rotatable bonds is 5. The molecule has 1 aromatic rings. The Bertz CT molecular complexity index is 358. The Labute approximate surface area is 117 Å². The van der Waals surface area contributed by atoms with Crippen molar-refractivity contribution < 1.29 is 9.53 Å². The van der Waals surface area contributed by atoms with Crippen LogP contribution >= 0.6 is 22.9 Å². The van der Waals surface area contributed by atoms with Crippen LogP contribution in [-0.2, 0) is 9.53 Å². The van der Waals surface area contributed by atoms with Crippen LogP contribution in [0.15, 0.2) is 16.8 Å². The molecule has 1 aliphatic carbocycles. The minimum Gasteiger partial charge on any atom is -0.464 e. The fourth-order valence-electron chi connectivity index (χ4n) is 2.75. The summed E-state index contributed by atoms with van der Waals surface area (Å²) in [5.74, 6) is 0.629. The molecule has 1 saturated carbocycles. The lowest BCUT2D eigenvalue weighted by molar-refractivity contribution is -0.146. The number of ether oxygens (including phenoxy) is 1.